The van der Waals surface area contributed by atoms with E-state index in [1.54, 1.807) is 0 Å². The van der Waals surface area contributed by atoms with Crippen LogP contribution in [0.4, 0.5) is 0 Å². The van der Waals surface area contributed by atoms with E-state index in [1.165, 1.54) is 77.0 Å². The molecule has 150 valence electrons. The standard InChI is InChI=1S/C24H42O2/c1-3-5-18-6-8-19(9-7-18)10-11-20-12-14-22(15-13-20)23-17-16-21(4-2)24(25)26-23/h18-23H,3-17H2,1-2H3. The minimum Gasteiger partial charge on any atom is -0.462 e. The van der Waals surface area contributed by atoms with E-state index < -0.39 is 0 Å². The molecule has 2 nitrogen and oxygen atoms in total. The molecule has 0 bridgehead atoms. The molecule has 26 heavy (non-hydrogen) atoms. The lowest BCUT2D eigenvalue weighted by molar-refractivity contribution is -0.165. The van der Waals surface area contributed by atoms with E-state index in [0.717, 1.165) is 37.0 Å². The third-order valence-electron chi connectivity index (χ3n) is 7.96. The molecule has 2 heteroatoms. The SMILES string of the molecule is CCCC1CCC(CCC2CCC(C3CCC(CC)C(=O)O3)CC2)CC1. The number of hydrogen-bond acceptors (Lipinski definition) is 2. The molecule has 0 aromatic heterocycles. The van der Waals surface area contributed by atoms with E-state index >= 15 is 0 Å². The molecule has 2 aliphatic carbocycles. The van der Waals surface area contributed by atoms with Crippen LogP contribution in [0.25, 0.3) is 0 Å². The largest absolute Gasteiger partial charge is 0.462 e. The maximum atomic E-state index is 12.1. The summed E-state index contributed by atoms with van der Waals surface area (Å²) in [4.78, 5) is 12.1. The van der Waals surface area contributed by atoms with Crippen LogP contribution in [0.1, 0.15) is 110 Å². The fourth-order valence-corrected chi connectivity index (χ4v) is 6.03. The van der Waals surface area contributed by atoms with Crippen molar-refractivity contribution in [2.75, 3.05) is 0 Å². The Balaban J connectivity index is 1.31. The van der Waals surface area contributed by atoms with E-state index in [4.69, 9.17) is 4.74 Å². The van der Waals surface area contributed by atoms with Gasteiger partial charge in [-0.2, -0.15) is 0 Å². The number of rotatable bonds is 7. The van der Waals surface area contributed by atoms with E-state index in [0.29, 0.717) is 5.92 Å². The summed E-state index contributed by atoms with van der Waals surface area (Å²) in [7, 11) is 0. The van der Waals surface area contributed by atoms with Crippen molar-refractivity contribution in [1.82, 2.24) is 0 Å². The Morgan fingerprint density at radius 3 is 1.77 bits per heavy atom. The van der Waals surface area contributed by atoms with E-state index in [9.17, 15) is 4.79 Å². The highest BCUT2D eigenvalue weighted by Crippen LogP contribution is 2.40. The monoisotopic (exact) mass is 362 g/mol. The second-order valence-electron chi connectivity index (χ2n) is 9.69. The average Bonchev–Trinajstić information content (AvgIpc) is 2.68. The Kier molecular flexibility index (Phi) is 7.88. The third kappa shape index (κ3) is 5.49. The zero-order chi connectivity index (χ0) is 18.4. The minimum absolute atomic E-state index is 0.0875. The Bertz CT molecular complexity index is 416. The normalized spacial score (nSPS) is 38.8. The maximum Gasteiger partial charge on any atom is 0.309 e. The van der Waals surface area contributed by atoms with Crippen LogP contribution in [0.5, 0.6) is 0 Å². The number of hydrogen-bond donors (Lipinski definition) is 0. The molecule has 0 aromatic rings. The Morgan fingerprint density at radius 2 is 1.27 bits per heavy atom. The van der Waals surface area contributed by atoms with E-state index in [1.807, 2.05) is 0 Å². The zero-order valence-electron chi connectivity index (χ0n) is 17.4. The first-order chi connectivity index (χ1) is 12.7. The highest BCUT2D eigenvalue weighted by Gasteiger charge is 2.35. The second-order valence-corrected chi connectivity index (χ2v) is 9.69. The molecule has 2 atom stereocenters. The van der Waals surface area contributed by atoms with Gasteiger partial charge in [-0.05, 0) is 55.8 Å². The first-order valence-corrected chi connectivity index (χ1v) is 11.9. The van der Waals surface area contributed by atoms with Crippen LogP contribution in [0.3, 0.4) is 0 Å². The quantitative estimate of drug-likeness (QED) is 0.460. The first kappa shape index (κ1) is 20.2. The first-order valence-electron chi connectivity index (χ1n) is 11.9. The fraction of sp³-hybridized carbons (Fsp3) is 0.958. The summed E-state index contributed by atoms with van der Waals surface area (Å²) in [5.74, 6) is 3.92. The Labute approximate surface area is 161 Å². The van der Waals surface area contributed by atoms with Crippen molar-refractivity contribution in [2.24, 2.45) is 29.6 Å². The lowest BCUT2D eigenvalue weighted by Gasteiger charge is -2.37. The summed E-state index contributed by atoms with van der Waals surface area (Å²) in [5.41, 5.74) is 0. The summed E-state index contributed by atoms with van der Waals surface area (Å²) in [6.45, 7) is 4.44. The van der Waals surface area contributed by atoms with Gasteiger partial charge in [0.15, 0.2) is 0 Å². The van der Waals surface area contributed by atoms with Gasteiger partial charge in [0.1, 0.15) is 6.10 Å². The van der Waals surface area contributed by atoms with Gasteiger partial charge >= 0.3 is 5.97 Å². The molecule has 0 N–H and O–H groups in total. The van der Waals surface area contributed by atoms with Gasteiger partial charge in [-0.15, -0.1) is 0 Å². The molecule has 1 heterocycles. The number of carbonyl (C=O) groups excluding carboxylic acids is 1. The molecule has 2 unspecified atom stereocenters. The van der Waals surface area contributed by atoms with Crippen molar-refractivity contribution >= 4 is 5.97 Å². The van der Waals surface area contributed by atoms with Crippen molar-refractivity contribution < 1.29 is 9.53 Å². The minimum atomic E-state index is 0.0875. The second kappa shape index (κ2) is 10.1. The maximum absolute atomic E-state index is 12.1. The predicted molar refractivity (Wildman–Crippen MR) is 108 cm³/mol. The van der Waals surface area contributed by atoms with Crippen LogP contribution in [-0.4, -0.2) is 12.1 Å². The van der Waals surface area contributed by atoms with Gasteiger partial charge in [-0.3, -0.25) is 4.79 Å². The van der Waals surface area contributed by atoms with Gasteiger partial charge in [0, 0.05) is 0 Å². The molecule has 3 aliphatic rings. The predicted octanol–water partition coefficient (Wildman–Crippen LogP) is 6.91. The van der Waals surface area contributed by atoms with Crippen molar-refractivity contribution in [3.8, 4) is 0 Å². The van der Waals surface area contributed by atoms with Crippen molar-refractivity contribution in [2.45, 2.75) is 116 Å². The van der Waals surface area contributed by atoms with Gasteiger partial charge in [0.2, 0.25) is 0 Å². The molecule has 1 aliphatic heterocycles. The zero-order valence-corrected chi connectivity index (χ0v) is 17.4. The van der Waals surface area contributed by atoms with E-state index in [-0.39, 0.29) is 18.0 Å². The summed E-state index contributed by atoms with van der Waals surface area (Å²) in [6, 6.07) is 0. The van der Waals surface area contributed by atoms with Crippen LogP contribution >= 0.6 is 0 Å². The van der Waals surface area contributed by atoms with Crippen LogP contribution < -0.4 is 0 Å². The number of ether oxygens (including phenoxy) is 1. The van der Waals surface area contributed by atoms with Crippen LogP contribution in [0.2, 0.25) is 0 Å². The molecule has 0 aromatic carbocycles. The van der Waals surface area contributed by atoms with Gasteiger partial charge in [0.05, 0.1) is 5.92 Å². The van der Waals surface area contributed by atoms with Crippen LogP contribution in [0.15, 0.2) is 0 Å². The van der Waals surface area contributed by atoms with Gasteiger partial charge in [-0.1, -0.05) is 78.1 Å². The fourth-order valence-electron chi connectivity index (χ4n) is 6.03. The highest BCUT2D eigenvalue weighted by molar-refractivity contribution is 5.73. The number of esters is 1. The molecule has 0 radical (unpaired) electrons. The molecular formula is C24H42O2. The molecule has 3 rings (SSSR count). The van der Waals surface area contributed by atoms with Crippen LogP contribution in [-0.2, 0) is 9.53 Å². The number of cyclic esters (lactones) is 1. The molecular weight excluding hydrogens is 320 g/mol. The lowest BCUT2D eigenvalue weighted by atomic mass is 9.73. The van der Waals surface area contributed by atoms with Crippen molar-refractivity contribution in [3.05, 3.63) is 0 Å². The third-order valence-corrected chi connectivity index (χ3v) is 7.96. The molecule has 2 saturated carbocycles. The van der Waals surface area contributed by atoms with Crippen molar-refractivity contribution in [3.63, 3.8) is 0 Å². The van der Waals surface area contributed by atoms with Gasteiger partial charge in [0.25, 0.3) is 0 Å². The summed E-state index contributed by atoms with van der Waals surface area (Å²) < 4.78 is 5.81. The molecule has 0 amide bonds. The van der Waals surface area contributed by atoms with E-state index in [2.05, 4.69) is 13.8 Å². The highest BCUT2D eigenvalue weighted by atomic mass is 16.5. The van der Waals surface area contributed by atoms with Gasteiger partial charge in [-0.25, -0.2) is 0 Å². The molecule has 0 spiro atoms. The molecule has 3 fully saturated rings. The topological polar surface area (TPSA) is 26.3 Å². The number of carbonyl (C=O) groups is 1. The summed E-state index contributed by atoms with van der Waals surface area (Å²) in [5, 5.41) is 0. The van der Waals surface area contributed by atoms with Gasteiger partial charge < -0.3 is 4.74 Å². The molecule has 1 saturated heterocycles. The van der Waals surface area contributed by atoms with Crippen molar-refractivity contribution in [1.29, 1.82) is 0 Å². The Hall–Kier alpha value is -0.530. The summed E-state index contributed by atoms with van der Waals surface area (Å²) in [6.07, 6.45) is 20.4. The lowest BCUT2D eigenvalue weighted by Crippen LogP contribution is -2.37. The summed E-state index contributed by atoms with van der Waals surface area (Å²) >= 11 is 0. The average molecular weight is 363 g/mol. The van der Waals surface area contributed by atoms with Crippen LogP contribution in [0, 0.1) is 29.6 Å². The smallest absolute Gasteiger partial charge is 0.309 e. The Morgan fingerprint density at radius 1 is 0.731 bits per heavy atom.